The van der Waals surface area contributed by atoms with Crippen molar-refractivity contribution in [1.82, 2.24) is 10.3 Å². The Balaban J connectivity index is 1.70. The Hall–Kier alpha value is -1.66. The molecule has 3 rings (SSSR count). The smallest absolute Gasteiger partial charge is 0.239 e. The first kappa shape index (κ1) is 14.3. The van der Waals surface area contributed by atoms with Gasteiger partial charge in [0.05, 0.1) is 5.25 Å². The normalized spacial score (nSPS) is 19.8. The number of thioether (sulfide) groups is 1. The van der Waals surface area contributed by atoms with Crippen molar-refractivity contribution < 1.29 is 4.79 Å². The monoisotopic (exact) mass is 361 g/mol. The first-order valence-corrected chi connectivity index (χ1v) is 8.10. The van der Waals surface area contributed by atoms with Crippen LogP contribution in [-0.4, -0.2) is 21.3 Å². The van der Waals surface area contributed by atoms with Crippen molar-refractivity contribution in [3.8, 4) is 0 Å². The summed E-state index contributed by atoms with van der Waals surface area (Å²) in [4.78, 5) is 20.5. The molecular weight excluding hydrogens is 350 g/mol. The van der Waals surface area contributed by atoms with Gasteiger partial charge in [-0.1, -0.05) is 45.9 Å². The molecule has 1 atom stereocenters. The van der Waals surface area contributed by atoms with Crippen molar-refractivity contribution in [2.45, 2.75) is 11.7 Å². The lowest BCUT2D eigenvalue weighted by molar-refractivity contribution is -0.118. The molecule has 1 fully saturated rings. The Morgan fingerprint density at radius 2 is 2.05 bits per heavy atom. The molecule has 1 aliphatic heterocycles. The molecule has 0 spiro atoms. The Morgan fingerprint density at radius 1 is 1.24 bits per heavy atom. The predicted molar refractivity (Wildman–Crippen MR) is 88.7 cm³/mol. The maximum absolute atomic E-state index is 12.0. The number of rotatable bonds is 3. The SMILES string of the molecule is O=C1N/C(=N\c2ccccn2)SC1Cc1ccc(Br)cc1. The second-order valence-corrected chi connectivity index (χ2v) is 6.64. The second-order valence-electron chi connectivity index (χ2n) is 4.53. The van der Waals surface area contributed by atoms with Crippen LogP contribution >= 0.6 is 27.7 Å². The van der Waals surface area contributed by atoms with E-state index in [0.29, 0.717) is 17.4 Å². The molecule has 21 heavy (non-hydrogen) atoms. The predicted octanol–water partition coefficient (Wildman–Crippen LogP) is 3.31. The van der Waals surface area contributed by atoms with Gasteiger partial charge in [0.1, 0.15) is 0 Å². The van der Waals surface area contributed by atoms with Crippen LogP contribution in [0, 0.1) is 0 Å². The van der Waals surface area contributed by atoms with E-state index in [1.807, 2.05) is 42.5 Å². The zero-order valence-corrected chi connectivity index (χ0v) is 13.4. The molecule has 1 aliphatic rings. The molecule has 0 radical (unpaired) electrons. The fourth-order valence-corrected chi connectivity index (χ4v) is 3.23. The third-order valence-electron chi connectivity index (χ3n) is 2.98. The van der Waals surface area contributed by atoms with Crippen molar-refractivity contribution in [1.29, 1.82) is 0 Å². The average Bonchev–Trinajstić information content (AvgIpc) is 2.82. The summed E-state index contributed by atoms with van der Waals surface area (Å²) < 4.78 is 1.03. The lowest BCUT2D eigenvalue weighted by Gasteiger charge is -2.05. The van der Waals surface area contributed by atoms with Crippen LogP contribution in [0.25, 0.3) is 0 Å². The number of pyridine rings is 1. The molecule has 1 aromatic heterocycles. The Labute approximate surface area is 135 Å². The fourth-order valence-electron chi connectivity index (χ4n) is 1.95. The quantitative estimate of drug-likeness (QED) is 0.912. The van der Waals surface area contributed by atoms with Crippen LogP contribution in [0.15, 0.2) is 58.1 Å². The minimum absolute atomic E-state index is 0.00222. The summed E-state index contributed by atoms with van der Waals surface area (Å²) >= 11 is 4.86. The van der Waals surface area contributed by atoms with E-state index in [9.17, 15) is 4.79 Å². The third kappa shape index (κ3) is 3.71. The van der Waals surface area contributed by atoms with E-state index in [1.54, 1.807) is 6.20 Å². The number of carbonyl (C=O) groups excluding carboxylic acids is 1. The van der Waals surface area contributed by atoms with Gasteiger partial charge in [-0.25, -0.2) is 9.98 Å². The molecule has 106 valence electrons. The molecule has 6 heteroatoms. The molecule has 1 saturated heterocycles. The van der Waals surface area contributed by atoms with Crippen LogP contribution in [0.3, 0.4) is 0 Å². The van der Waals surface area contributed by atoms with Gasteiger partial charge in [-0.2, -0.15) is 0 Å². The maximum atomic E-state index is 12.0. The standard InChI is InChI=1S/C15H12BrN3OS/c16-11-6-4-10(5-7-11)9-12-14(20)19-15(21-12)18-13-3-1-2-8-17-13/h1-8,12H,9H2,(H,17,18,19,20). The molecule has 0 saturated carbocycles. The van der Waals surface area contributed by atoms with E-state index in [-0.39, 0.29) is 11.2 Å². The highest BCUT2D eigenvalue weighted by Gasteiger charge is 2.30. The third-order valence-corrected chi connectivity index (χ3v) is 4.59. The molecule has 2 aromatic rings. The number of halogens is 1. The van der Waals surface area contributed by atoms with Crippen LogP contribution in [0.4, 0.5) is 5.82 Å². The van der Waals surface area contributed by atoms with E-state index in [2.05, 4.69) is 31.2 Å². The number of amidine groups is 1. The van der Waals surface area contributed by atoms with Gasteiger partial charge in [0.2, 0.25) is 5.91 Å². The van der Waals surface area contributed by atoms with Crippen molar-refractivity contribution in [3.05, 3.63) is 58.7 Å². The Bertz CT molecular complexity index is 673. The Kier molecular flexibility index (Phi) is 4.36. The number of aromatic nitrogens is 1. The maximum Gasteiger partial charge on any atom is 0.239 e. The minimum atomic E-state index is -0.145. The van der Waals surface area contributed by atoms with Gasteiger partial charge in [-0.15, -0.1) is 0 Å². The number of hydrogen-bond acceptors (Lipinski definition) is 4. The first-order chi connectivity index (χ1) is 10.2. The number of benzene rings is 1. The summed E-state index contributed by atoms with van der Waals surface area (Å²) in [6.07, 6.45) is 2.37. The Morgan fingerprint density at radius 3 is 2.76 bits per heavy atom. The van der Waals surface area contributed by atoms with Crippen molar-refractivity contribution in [3.63, 3.8) is 0 Å². The number of amides is 1. The van der Waals surface area contributed by atoms with Crippen molar-refractivity contribution >= 4 is 44.6 Å². The summed E-state index contributed by atoms with van der Waals surface area (Å²) in [7, 11) is 0. The number of carbonyl (C=O) groups is 1. The summed E-state index contributed by atoms with van der Waals surface area (Å²) in [5, 5.41) is 3.28. The van der Waals surface area contributed by atoms with E-state index in [1.165, 1.54) is 11.8 Å². The highest BCUT2D eigenvalue weighted by molar-refractivity contribution is 9.10. The van der Waals surface area contributed by atoms with E-state index in [0.717, 1.165) is 10.0 Å². The number of hydrogen-bond donors (Lipinski definition) is 1. The second kappa shape index (κ2) is 6.41. The van der Waals surface area contributed by atoms with Crippen LogP contribution in [0.2, 0.25) is 0 Å². The fraction of sp³-hybridized carbons (Fsp3) is 0.133. The van der Waals surface area contributed by atoms with E-state index >= 15 is 0 Å². The zero-order chi connectivity index (χ0) is 14.7. The molecule has 1 amide bonds. The van der Waals surface area contributed by atoms with E-state index in [4.69, 9.17) is 0 Å². The molecule has 2 heterocycles. The highest BCUT2D eigenvalue weighted by atomic mass is 79.9. The minimum Gasteiger partial charge on any atom is -0.304 e. The van der Waals surface area contributed by atoms with Gasteiger partial charge in [0.25, 0.3) is 0 Å². The summed E-state index contributed by atoms with van der Waals surface area (Å²) in [6, 6.07) is 13.5. The molecule has 4 nitrogen and oxygen atoms in total. The van der Waals surface area contributed by atoms with Gasteiger partial charge >= 0.3 is 0 Å². The van der Waals surface area contributed by atoms with Gasteiger partial charge in [-0.3, -0.25) is 4.79 Å². The largest absolute Gasteiger partial charge is 0.304 e. The molecular formula is C15H12BrN3OS. The van der Waals surface area contributed by atoms with Crippen molar-refractivity contribution in [2.75, 3.05) is 0 Å². The lowest BCUT2D eigenvalue weighted by atomic mass is 10.1. The molecule has 1 unspecified atom stereocenters. The average molecular weight is 362 g/mol. The topological polar surface area (TPSA) is 54.4 Å². The number of aliphatic imine (C=N–C) groups is 1. The number of nitrogens with one attached hydrogen (secondary N) is 1. The van der Waals surface area contributed by atoms with Crippen LogP contribution in [-0.2, 0) is 11.2 Å². The number of nitrogens with zero attached hydrogens (tertiary/aromatic N) is 2. The lowest BCUT2D eigenvalue weighted by Crippen LogP contribution is -2.25. The summed E-state index contributed by atoms with van der Waals surface area (Å²) in [5.74, 6) is 0.599. The van der Waals surface area contributed by atoms with Crippen LogP contribution < -0.4 is 5.32 Å². The van der Waals surface area contributed by atoms with Gasteiger partial charge in [-0.05, 0) is 36.2 Å². The summed E-state index contributed by atoms with van der Waals surface area (Å²) in [6.45, 7) is 0. The van der Waals surface area contributed by atoms with Gasteiger partial charge in [0, 0.05) is 10.7 Å². The van der Waals surface area contributed by atoms with Gasteiger partial charge < -0.3 is 5.32 Å². The van der Waals surface area contributed by atoms with Crippen LogP contribution in [0.1, 0.15) is 5.56 Å². The van der Waals surface area contributed by atoms with E-state index < -0.39 is 0 Å². The zero-order valence-electron chi connectivity index (χ0n) is 11.0. The van der Waals surface area contributed by atoms with Crippen molar-refractivity contribution in [2.24, 2.45) is 4.99 Å². The molecule has 0 bridgehead atoms. The highest BCUT2D eigenvalue weighted by Crippen LogP contribution is 2.25. The van der Waals surface area contributed by atoms with Gasteiger partial charge in [0.15, 0.2) is 11.0 Å². The first-order valence-electron chi connectivity index (χ1n) is 6.42. The molecule has 1 aromatic carbocycles. The molecule has 1 N–H and O–H groups in total. The van der Waals surface area contributed by atoms with Crippen LogP contribution in [0.5, 0.6) is 0 Å². The molecule has 0 aliphatic carbocycles. The summed E-state index contributed by atoms with van der Waals surface area (Å²) in [5.41, 5.74) is 1.13.